The number of ketones is 2. The molecule has 2 aromatic rings. The first-order valence-corrected chi connectivity index (χ1v) is 5.50. The Balaban J connectivity index is 2.10. The number of Topliss-reactive ketones (excluding diaryl/α,β-unsaturated/α-hetero) is 2. The van der Waals surface area contributed by atoms with E-state index in [0.29, 0.717) is 11.3 Å². The highest BCUT2D eigenvalue weighted by Gasteiger charge is 2.39. The quantitative estimate of drug-likeness (QED) is 0.639. The summed E-state index contributed by atoms with van der Waals surface area (Å²) in [7, 11) is 0. The van der Waals surface area contributed by atoms with Gasteiger partial charge in [-0.1, -0.05) is 24.3 Å². The van der Waals surface area contributed by atoms with Gasteiger partial charge >= 0.3 is 6.18 Å². The molecule has 0 aliphatic rings. The number of hydrogen-bond acceptors (Lipinski definition) is 4. The maximum Gasteiger partial charge on any atom is 0.450 e. The maximum absolute atomic E-state index is 12.1. The topological polar surface area (TPSA) is 60.2 Å². The summed E-state index contributed by atoms with van der Waals surface area (Å²) >= 11 is 0. The van der Waals surface area contributed by atoms with Crippen LogP contribution in [0.2, 0.25) is 0 Å². The van der Waals surface area contributed by atoms with Crippen LogP contribution in [0.3, 0.4) is 0 Å². The van der Waals surface area contributed by atoms with Crippen molar-refractivity contribution < 1.29 is 27.2 Å². The molecule has 0 spiro atoms. The second-order valence-corrected chi connectivity index (χ2v) is 3.96. The molecule has 0 aliphatic heterocycles. The number of alkyl halides is 3. The van der Waals surface area contributed by atoms with Crippen molar-refractivity contribution in [1.82, 2.24) is 4.98 Å². The Morgan fingerprint density at radius 3 is 2.30 bits per heavy atom. The molecule has 7 heteroatoms. The maximum atomic E-state index is 12.1. The van der Waals surface area contributed by atoms with Crippen LogP contribution in [0.5, 0.6) is 0 Å². The van der Waals surface area contributed by atoms with E-state index >= 15 is 0 Å². The minimum atomic E-state index is -4.99. The molecule has 4 nitrogen and oxygen atoms in total. The molecular formula is C13H8F3NO3. The Kier molecular flexibility index (Phi) is 3.69. The smallest absolute Gasteiger partial charge is 0.444 e. The Morgan fingerprint density at radius 2 is 1.80 bits per heavy atom. The third-order valence-corrected chi connectivity index (χ3v) is 2.56. The molecule has 0 saturated carbocycles. The first-order chi connectivity index (χ1) is 9.38. The van der Waals surface area contributed by atoms with Crippen molar-refractivity contribution >= 4 is 11.6 Å². The van der Waals surface area contributed by atoms with Crippen molar-refractivity contribution in [3.8, 4) is 11.3 Å². The zero-order valence-electron chi connectivity index (χ0n) is 9.98. The van der Waals surface area contributed by atoms with Crippen molar-refractivity contribution in [3.63, 3.8) is 0 Å². The lowest BCUT2D eigenvalue weighted by atomic mass is 10.0. The number of carbonyl (C=O) groups is 2. The highest BCUT2D eigenvalue weighted by molar-refractivity contribution is 6.09. The van der Waals surface area contributed by atoms with E-state index in [1.54, 1.807) is 0 Å². The van der Waals surface area contributed by atoms with Crippen LogP contribution in [0.25, 0.3) is 11.3 Å². The summed E-state index contributed by atoms with van der Waals surface area (Å²) in [5.74, 6) is -2.46. The average Bonchev–Trinajstić information content (AvgIpc) is 2.91. The van der Waals surface area contributed by atoms with Gasteiger partial charge in [-0.2, -0.15) is 13.2 Å². The number of aromatic nitrogens is 1. The van der Waals surface area contributed by atoms with Crippen LogP contribution < -0.4 is 0 Å². The van der Waals surface area contributed by atoms with Crippen LogP contribution in [0.4, 0.5) is 13.2 Å². The molecule has 0 aliphatic carbocycles. The van der Waals surface area contributed by atoms with Gasteiger partial charge in [-0.15, -0.1) is 0 Å². The zero-order valence-corrected chi connectivity index (χ0v) is 9.98. The molecule has 0 unspecified atom stereocenters. The van der Waals surface area contributed by atoms with Gasteiger partial charge in [0.1, 0.15) is 0 Å². The van der Waals surface area contributed by atoms with Crippen molar-refractivity contribution in [2.24, 2.45) is 0 Å². The number of hydrogen-bond donors (Lipinski definition) is 0. The highest BCUT2D eigenvalue weighted by atomic mass is 19.4. The molecule has 0 bridgehead atoms. The number of halogens is 3. The standard InChI is InChI=1S/C13H8F3NO3/c14-13(15,16)12(19)5-10(18)8-1-3-9(4-2-8)11-6-17-7-20-11/h1-4,6-7H,5H2. The molecule has 0 fully saturated rings. The number of rotatable bonds is 4. The van der Waals surface area contributed by atoms with Gasteiger partial charge in [0.05, 0.1) is 12.6 Å². The average molecular weight is 283 g/mol. The van der Waals surface area contributed by atoms with Gasteiger partial charge in [0.2, 0.25) is 5.78 Å². The number of nitrogens with zero attached hydrogens (tertiary/aromatic N) is 1. The van der Waals surface area contributed by atoms with E-state index in [-0.39, 0.29) is 5.56 Å². The first-order valence-electron chi connectivity index (χ1n) is 5.50. The number of oxazole rings is 1. The van der Waals surface area contributed by atoms with Crippen molar-refractivity contribution in [2.75, 3.05) is 0 Å². The first kappa shape index (κ1) is 14.0. The van der Waals surface area contributed by atoms with Crippen molar-refractivity contribution in [1.29, 1.82) is 0 Å². The molecule has 1 aromatic carbocycles. The minimum absolute atomic E-state index is 0.0332. The predicted molar refractivity (Wildman–Crippen MR) is 61.9 cm³/mol. The van der Waals surface area contributed by atoms with E-state index in [0.717, 1.165) is 0 Å². The molecule has 1 heterocycles. The molecule has 1 aromatic heterocycles. The molecule has 2 rings (SSSR count). The minimum Gasteiger partial charge on any atom is -0.444 e. The molecule has 0 saturated heterocycles. The van der Waals surface area contributed by atoms with Gasteiger partial charge in [0.15, 0.2) is 17.9 Å². The summed E-state index contributed by atoms with van der Waals surface area (Å²) in [5, 5.41) is 0. The molecular weight excluding hydrogens is 275 g/mol. The number of benzene rings is 1. The van der Waals surface area contributed by atoms with E-state index in [1.807, 2.05) is 0 Å². The van der Waals surface area contributed by atoms with E-state index in [4.69, 9.17) is 4.42 Å². The molecule has 20 heavy (non-hydrogen) atoms. The number of carbonyl (C=O) groups excluding carboxylic acids is 2. The lowest BCUT2D eigenvalue weighted by Crippen LogP contribution is -2.25. The summed E-state index contributed by atoms with van der Waals surface area (Å²) in [6, 6.07) is 5.69. The fraction of sp³-hybridized carbons (Fsp3) is 0.154. The summed E-state index contributed by atoms with van der Waals surface area (Å²) in [5.41, 5.74) is 0.659. The van der Waals surface area contributed by atoms with Crippen molar-refractivity contribution in [2.45, 2.75) is 12.6 Å². The van der Waals surface area contributed by atoms with Gasteiger partial charge in [-0.05, 0) is 0 Å². The summed E-state index contributed by atoms with van der Waals surface area (Å²) in [6.45, 7) is 0. The molecule has 0 radical (unpaired) electrons. The lowest BCUT2D eigenvalue weighted by molar-refractivity contribution is -0.170. The highest BCUT2D eigenvalue weighted by Crippen LogP contribution is 2.21. The fourth-order valence-corrected chi connectivity index (χ4v) is 1.53. The van der Waals surface area contributed by atoms with Gasteiger partial charge in [0, 0.05) is 11.1 Å². The Hall–Kier alpha value is -2.44. The second-order valence-electron chi connectivity index (χ2n) is 3.96. The van der Waals surface area contributed by atoms with E-state index < -0.39 is 24.2 Å². The van der Waals surface area contributed by atoms with Crippen LogP contribution in [0.15, 0.2) is 41.3 Å². The fourth-order valence-electron chi connectivity index (χ4n) is 1.53. The SMILES string of the molecule is O=C(CC(=O)C(F)(F)F)c1ccc(-c2cnco2)cc1. The molecule has 0 atom stereocenters. The van der Waals surface area contributed by atoms with Crippen LogP contribution in [-0.2, 0) is 4.79 Å². The lowest BCUT2D eigenvalue weighted by Gasteiger charge is -2.05. The Labute approximate surface area is 111 Å². The summed E-state index contributed by atoms with van der Waals surface area (Å²) < 4.78 is 41.2. The van der Waals surface area contributed by atoms with Gasteiger partial charge in [-0.25, -0.2) is 4.98 Å². The largest absolute Gasteiger partial charge is 0.450 e. The zero-order chi connectivity index (χ0) is 14.8. The van der Waals surface area contributed by atoms with Gasteiger partial charge < -0.3 is 4.42 Å². The van der Waals surface area contributed by atoms with Crippen LogP contribution in [-0.4, -0.2) is 22.7 Å². The third kappa shape index (κ3) is 3.11. The van der Waals surface area contributed by atoms with Gasteiger partial charge in [-0.3, -0.25) is 9.59 Å². The summed E-state index contributed by atoms with van der Waals surface area (Å²) in [6.07, 6.45) is -3.49. The van der Waals surface area contributed by atoms with Crippen LogP contribution in [0.1, 0.15) is 16.8 Å². The molecule has 104 valence electrons. The second kappa shape index (κ2) is 5.28. The third-order valence-electron chi connectivity index (χ3n) is 2.56. The molecule has 0 amide bonds. The predicted octanol–water partition coefficient (Wildman–Crippen LogP) is 3.05. The van der Waals surface area contributed by atoms with E-state index in [1.165, 1.54) is 36.9 Å². The Morgan fingerprint density at radius 1 is 1.15 bits per heavy atom. The van der Waals surface area contributed by atoms with E-state index in [2.05, 4.69) is 4.98 Å². The Bertz CT molecular complexity index is 615. The van der Waals surface area contributed by atoms with Gasteiger partial charge in [0.25, 0.3) is 0 Å². The van der Waals surface area contributed by atoms with Crippen LogP contribution in [0, 0.1) is 0 Å². The van der Waals surface area contributed by atoms with E-state index in [9.17, 15) is 22.8 Å². The van der Waals surface area contributed by atoms with Crippen molar-refractivity contribution in [3.05, 3.63) is 42.4 Å². The summed E-state index contributed by atoms with van der Waals surface area (Å²) in [4.78, 5) is 26.0. The molecule has 0 N–H and O–H groups in total. The monoisotopic (exact) mass is 283 g/mol. The normalized spacial score (nSPS) is 11.3. The van der Waals surface area contributed by atoms with Crippen LogP contribution >= 0.6 is 0 Å².